The van der Waals surface area contributed by atoms with Crippen LogP contribution in [-0.4, -0.2) is 37.7 Å². The van der Waals surface area contributed by atoms with Crippen molar-refractivity contribution in [3.63, 3.8) is 0 Å². The van der Waals surface area contributed by atoms with Crippen LogP contribution in [0.5, 0.6) is 0 Å². The zero-order valence-electron chi connectivity index (χ0n) is 24.2. The first-order chi connectivity index (χ1) is 20.4. The number of hydrogen-bond acceptors (Lipinski definition) is 8. The summed E-state index contributed by atoms with van der Waals surface area (Å²) in [4.78, 5) is 25.0. The van der Waals surface area contributed by atoms with Crippen LogP contribution < -0.4 is 80.4 Å². The van der Waals surface area contributed by atoms with E-state index >= 15 is 0 Å². The molecule has 5 rings (SSSR count). The topological polar surface area (TPSA) is 191 Å². The molecule has 0 saturated carbocycles. The van der Waals surface area contributed by atoms with Crippen molar-refractivity contribution in [1.82, 2.24) is 0 Å². The van der Waals surface area contributed by atoms with Gasteiger partial charge in [0.05, 0.1) is 4.90 Å². The summed E-state index contributed by atoms with van der Waals surface area (Å²) in [6.07, 6.45) is 0. The number of urea groups is 2. The molecule has 220 valence electrons. The molecule has 45 heavy (non-hydrogen) atoms. The number of amides is 4. The fourth-order valence-electron chi connectivity index (χ4n) is 4.07. The Labute approximate surface area is 304 Å². The van der Waals surface area contributed by atoms with Crippen molar-refractivity contribution in [2.45, 2.75) is 11.8 Å². The van der Waals surface area contributed by atoms with E-state index in [-0.39, 0.29) is 64.0 Å². The van der Waals surface area contributed by atoms with E-state index < -0.39 is 32.8 Å². The van der Waals surface area contributed by atoms with E-state index in [1.807, 2.05) is 37.3 Å². The van der Waals surface area contributed by atoms with Crippen molar-refractivity contribution >= 4 is 77.1 Å². The van der Waals surface area contributed by atoms with Crippen LogP contribution in [0.15, 0.2) is 95.9 Å². The number of rotatable bonds is 5. The van der Waals surface area contributed by atoms with Gasteiger partial charge >= 0.3 is 81.8 Å². The van der Waals surface area contributed by atoms with E-state index in [9.17, 15) is 22.6 Å². The molecule has 0 spiro atoms. The van der Waals surface area contributed by atoms with Crippen LogP contribution in [0.3, 0.4) is 0 Å². The first kappa shape index (κ1) is 37.9. The monoisotopic (exact) mass is 664 g/mol. The van der Waals surface area contributed by atoms with Gasteiger partial charge in [0.25, 0.3) is 0 Å². The van der Waals surface area contributed by atoms with Gasteiger partial charge in [-0.1, -0.05) is 30.3 Å². The molecule has 0 aromatic heterocycles. The van der Waals surface area contributed by atoms with Crippen LogP contribution in [-0.2, 0) is 20.7 Å². The van der Waals surface area contributed by atoms with Crippen LogP contribution in [0.4, 0.5) is 32.3 Å². The number of hydrogen-bond donors (Lipinski definition) is 4. The van der Waals surface area contributed by atoms with E-state index in [0.717, 1.165) is 16.3 Å². The summed E-state index contributed by atoms with van der Waals surface area (Å²) < 4.78 is 59.1. The summed E-state index contributed by atoms with van der Waals surface area (Å²) in [5.74, 6) is 0. The molecule has 12 nitrogen and oxygen atoms in total. The zero-order valence-corrected chi connectivity index (χ0v) is 29.9. The van der Waals surface area contributed by atoms with Crippen molar-refractivity contribution in [2.24, 2.45) is 0 Å². The first-order valence-corrected chi connectivity index (χ1v) is 14.7. The van der Waals surface area contributed by atoms with Crippen LogP contribution in [0.25, 0.3) is 21.5 Å². The average molecular weight is 665 g/mol. The maximum absolute atomic E-state index is 12.7. The van der Waals surface area contributed by atoms with Crippen molar-refractivity contribution in [3.8, 4) is 0 Å². The van der Waals surface area contributed by atoms with Crippen molar-refractivity contribution in [1.29, 1.82) is 0 Å². The van der Waals surface area contributed by atoms with Gasteiger partial charge in [0, 0.05) is 22.7 Å². The van der Waals surface area contributed by atoms with Gasteiger partial charge in [0.1, 0.15) is 10.1 Å². The third kappa shape index (κ3) is 11.2. The molecular weight excluding hydrogens is 642 g/mol. The second-order valence-electron chi connectivity index (χ2n) is 9.06. The van der Waals surface area contributed by atoms with Gasteiger partial charge < -0.3 is 25.8 Å². The molecule has 0 aliphatic heterocycles. The van der Waals surface area contributed by atoms with Gasteiger partial charge in [-0.05, 0) is 59.7 Å². The molecule has 4 amide bonds. The third-order valence-electron chi connectivity index (χ3n) is 6.04. The number of fused-ring (bicyclic) bond motifs is 2. The molecule has 0 saturated heterocycles. The van der Waals surface area contributed by atoms with E-state index in [2.05, 4.69) is 27.3 Å². The van der Waals surface area contributed by atoms with Gasteiger partial charge in [0.2, 0.25) is 0 Å². The van der Waals surface area contributed by atoms with E-state index in [4.69, 9.17) is 12.6 Å². The molecule has 0 radical (unpaired) electrons. The molecule has 4 N–H and O–H groups in total. The minimum absolute atomic E-state index is 0. The van der Waals surface area contributed by atoms with Gasteiger partial charge in [-0.2, -0.15) is 24.3 Å². The Bertz CT molecular complexity index is 2090. The van der Waals surface area contributed by atoms with Crippen molar-refractivity contribution < 1.29 is 94.3 Å². The molecule has 5 aromatic rings. The number of benzene rings is 5. The van der Waals surface area contributed by atoms with Gasteiger partial charge in [-0.25, -0.2) is 18.0 Å². The summed E-state index contributed by atoms with van der Waals surface area (Å²) in [5.41, 5.74) is 2.87. The van der Waals surface area contributed by atoms with Crippen LogP contribution in [0, 0.1) is 13.0 Å². The first-order valence-electron chi connectivity index (χ1n) is 12.3. The summed E-state index contributed by atoms with van der Waals surface area (Å²) in [6.45, 7) is 1.82. The third-order valence-corrected chi connectivity index (χ3v) is 6.88. The smallest absolute Gasteiger partial charge is 0.744 e. The molecule has 0 fully saturated rings. The average Bonchev–Trinajstić information content (AvgIpc) is 2.93. The number of carbonyl (C=O) groups excluding carboxylic acids is 2. The standard InChI is InChI=1S/C29H23N4O5S.2Na.O3S/c1-18-6-10-25(32-28(34)30-23-11-7-19-4-2-3-5-20(19)14-23)17-27(18)33-29(35)31-24-12-8-22-16-26(39(36,37)38)13-9-21(22)15-24;;;1-4(2)3/h3-17H,1H3,(H2,30,32,34)(H2,31,33,35)(H,36,37,38);;;/q-1;2*+1;/p-1. The second-order valence-corrected chi connectivity index (χ2v) is 10.8. The Morgan fingerprint density at radius 3 is 1.73 bits per heavy atom. The van der Waals surface area contributed by atoms with Gasteiger partial charge in [-0.15, -0.1) is 29.5 Å². The predicted octanol–water partition coefficient (Wildman–Crippen LogP) is -0.702. The van der Waals surface area contributed by atoms with Gasteiger partial charge in [-0.3, -0.25) is 0 Å². The summed E-state index contributed by atoms with van der Waals surface area (Å²) in [5, 5.41) is 14.3. The fourth-order valence-corrected chi connectivity index (χ4v) is 4.58. The molecule has 0 bridgehead atoms. The summed E-state index contributed by atoms with van der Waals surface area (Å²) in [6, 6.07) is 27.3. The predicted molar refractivity (Wildman–Crippen MR) is 161 cm³/mol. The minimum atomic E-state index is -4.56. The summed E-state index contributed by atoms with van der Waals surface area (Å²) >= 11 is 0. The maximum Gasteiger partial charge on any atom is 1.00 e. The van der Waals surface area contributed by atoms with Gasteiger partial charge in [0.15, 0.2) is 0 Å². The molecule has 5 aromatic carbocycles. The Hall–Kier alpha value is -3.31. The number of aryl methyl sites for hydroxylation is 1. The maximum atomic E-state index is 12.7. The SMILES string of the molecule is Cc1ccc(NC(=O)Nc2ccc3c[c-]ccc3c2)cc1NC(=O)Nc1ccc2cc(S(=O)(=O)[O-])ccc2c1.O=S(=O)=O.[Na+].[Na+]. The number of anilines is 4. The Morgan fingerprint density at radius 1 is 0.667 bits per heavy atom. The Kier molecular flexibility index (Phi) is 14.2. The zero-order chi connectivity index (χ0) is 31.1. The molecule has 0 atom stereocenters. The molecule has 0 aliphatic rings. The largest absolute Gasteiger partial charge is 1.00 e. The minimum Gasteiger partial charge on any atom is -0.744 e. The number of nitrogens with one attached hydrogen (secondary N) is 4. The van der Waals surface area contributed by atoms with Crippen molar-refractivity contribution in [3.05, 3.63) is 103 Å². The second kappa shape index (κ2) is 16.8. The normalized spacial score (nSPS) is 10.3. The van der Waals surface area contributed by atoms with E-state index in [0.29, 0.717) is 33.5 Å². The van der Waals surface area contributed by atoms with Crippen LogP contribution in [0.2, 0.25) is 0 Å². The Morgan fingerprint density at radius 2 is 1.13 bits per heavy atom. The van der Waals surface area contributed by atoms with Crippen LogP contribution >= 0.6 is 0 Å². The molecular formula is C29H22N4Na2O8S2. The van der Waals surface area contributed by atoms with E-state index in [1.54, 1.807) is 42.5 Å². The quantitative estimate of drug-likeness (QED) is 0.108. The number of carbonyl (C=O) groups is 2. The Balaban J connectivity index is 0.00000111. The van der Waals surface area contributed by atoms with Crippen molar-refractivity contribution in [2.75, 3.05) is 21.3 Å². The fraction of sp³-hybridized carbons (Fsp3) is 0.0345. The molecule has 0 unspecified atom stereocenters. The molecule has 16 heteroatoms. The van der Waals surface area contributed by atoms with E-state index in [1.165, 1.54) is 18.2 Å². The summed E-state index contributed by atoms with van der Waals surface area (Å²) in [7, 11) is -7.67. The molecule has 0 heterocycles. The molecule has 0 aliphatic carbocycles. The van der Waals surface area contributed by atoms with Crippen LogP contribution in [0.1, 0.15) is 5.56 Å².